The number of hydrogen-bond acceptors (Lipinski definition) is 4. The fourth-order valence-electron chi connectivity index (χ4n) is 4.03. The molecule has 5 heteroatoms. The van der Waals surface area contributed by atoms with E-state index in [0.29, 0.717) is 17.6 Å². The number of carboxylic acid groups (broad SMARTS) is 1. The molecule has 1 N–H and O–H groups in total. The molecule has 124 valence electrons. The van der Waals surface area contributed by atoms with Crippen molar-refractivity contribution in [3.05, 3.63) is 35.4 Å². The lowest BCUT2D eigenvalue weighted by Gasteiger charge is -2.48. The molecule has 1 aromatic carbocycles. The van der Waals surface area contributed by atoms with Gasteiger partial charge in [-0.2, -0.15) is 0 Å². The lowest BCUT2D eigenvalue weighted by atomic mass is 10.0. The van der Waals surface area contributed by atoms with E-state index in [1.54, 1.807) is 12.1 Å². The number of aromatic carboxylic acids is 1. The highest BCUT2D eigenvalue weighted by molar-refractivity contribution is 5.87. The average molecular weight is 316 g/mol. The molecule has 1 aromatic rings. The normalized spacial score (nSPS) is 29.2. The summed E-state index contributed by atoms with van der Waals surface area (Å²) in [6.07, 6.45) is 2.73. The van der Waals surface area contributed by atoms with E-state index < -0.39 is 5.97 Å². The number of fused-ring (bicyclic) bond motifs is 1. The second kappa shape index (κ2) is 6.23. The molecule has 0 spiro atoms. The quantitative estimate of drug-likeness (QED) is 0.916. The molecule has 0 aromatic heterocycles. The second-order valence-electron chi connectivity index (χ2n) is 7.07. The molecular weight excluding hydrogens is 292 g/mol. The van der Waals surface area contributed by atoms with Crippen LogP contribution in [0, 0.1) is 5.92 Å². The summed E-state index contributed by atoms with van der Waals surface area (Å²) in [5.41, 5.74) is 1.45. The van der Waals surface area contributed by atoms with Gasteiger partial charge in [0.05, 0.1) is 18.8 Å². The topological polar surface area (TPSA) is 53.0 Å². The Kier molecular flexibility index (Phi) is 4.09. The second-order valence-corrected chi connectivity index (χ2v) is 7.07. The molecule has 0 amide bonds. The Morgan fingerprint density at radius 2 is 2.13 bits per heavy atom. The number of nitrogens with zero attached hydrogens (tertiary/aromatic N) is 2. The Bertz CT molecular complexity index is 587. The van der Waals surface area contributed by atoms with Crippen molar-refractivity contribution in [3.8, 4) is 0 Å². The summed E-state index contributed by atoms with van der Waals surface area (Å²) in [6.45, 7) is 5.72. The van der Waals surface area contributed by atoms with Crippen molar-refractivity contribution in [1.29, 1.82) is 0 Å². The largest absolute Gasteiger partial charge is 0.478 e. The van der Waals surface area contributed by atoms with E-state index >= 15 is 0 Å². The number of morpholine rings is 1. The van der Waals surface area contributed by atoms with Gasteiger partial charge >= 0.3 is 5.97 Å². The van der Waals surface area contributed by atoms with E-state index in [-0.39, 0.29) is 0 Å². The van der Waals surface area contributed by atoms with Crippen LogP contribution in [0.4, 0.5) is 0 Å². The predicted molar refractivity (Wildman–Crippen MR) is 86.5 cm³/mol. The van der Waals surface area contributed by atoms with Gasteiger partial charge < -0.3 is 9.84 Å². The number of carboxylic acids is 1. The fourth-order valence-corrected chi connectivity index (χ4v) is 4.03. The zero-order valence-electron chi connectivity index (χ0n) is 13.4. The number of piperazine rings is 1. The molecule has 2 aliphatic heterocycles. The molecule has 2 saturated heterocycles. The minimum atomic E-state index is -0.857. The molecular formula is C18H24N2O3. The summed E-state index contributed by atoms with van der Waals surface area (Å²) >= 11 is 0. The number of carbonyl (C=O) groups is 1. The van der Waals surface area contributed by atoms with Crippen molar-refractivity contribution < 1.29 is 14.6 Å². The zero-order chi connectivity index (χ0) is 15.8. The van der Waals surface area contributed by atoms with Gasteiger partial charge in [0.1, 0.15) is 0 Å². The van der Waals surface area contributed by atoms with Gasteiger partial charge in [-0.05, 0) is 36.5 Å². The molecule has 0 radical (unpaired) electrons. The lowest BCUT2D eigenvalue weighted by molar-refractivity contribution is -0.0880. The number of hydrogen-bond donors (Lipinski definition) is 1. The number of ether oxygens (including phenoxy) is 1. The van der Waals surface area contributed by atoms with Crippen molar-refractivity contribution >= 4 is 5.97 Å². The minimum Gasteiger partial charge on any atom is -0.478 e. The molecule has 3 aliphatic rings. The maximum Gasteiger partial charge on any atom is 0.335 e. The van der Waals surface area contributed by atoms with Gasteiger partial charge in [-0.1, -0.05) is 12.1 Å². The highest BCUT2D eigenvalue weighted by Crippen LogP contribution is 2.38. The summed E-state index contributed by atoms with van der Waals surface area (Å²) in [4.78, 5) is 16.2. The van der Waals surface area contributed by atoms with Gasteiger partial charge in [0.25, 0.3) is 0 Å². The number of rotatable bonds is 4. The van der Waals surface area contributed by atoms with Crippen LogP contribution in [-0.4, -0.2) is 65.8 Å². The van der Waals surface area contributed by atoms with Crippen LogP contribution in [0.15, 0.2) is 24.3 Å². The van der Waals surface area contributed by atoms with Crippen molar-refractivity contribution in [2.75, 3.05) is 32.8 Å². The molecule has 2 atom stereocenters. The summed E-state index contributed by atoms with van der Waals surface area (Å²) in [5, 5.41) is 9.12. The minimum absolute atomic E-state index is 0.371. The smallest absolute Gasteiger partial charge is 0.335 e. The summed E-state index contributed by atoms with van der Waals surface area (Å²) in [5.74, 6) is 0.00113. The standard InChI is InChI=1S/C18H24N2O3/c21-18(22)15-3-1-2-13(8-15)9-19-6-7-20-16(10-19)11-23-12-17(20)14-4-5-14/h1-3,8,14,16-17H,4-7,9-12H2,(H,21,22)/t16-,17-/m1/s1. The van der Waals surface area contributed by atoms with E-state index in [0.717, 1.165) is 50.9 Å². The molecule has 2 heterocycles. The third kappa shape index (κ3) is 3.27. The fraction of sp³-hybridized carbons (Fsp3) is 0.611. The first kappa shape index (κ1) is 15.1. The van der Waals surface area contributed by atoms with Gasteiger partial charge in [0, 0.05) is 38.3 Å². The molecule has 4 rings (SSSR count). The van der Waals surface area contributed by atoms with Crippen molar-refractivity contribution in [3.63, 3.8) is 0 Å². The summed E-state index contributed by atoms with van der Waals surface area (Å²) in [7, 11) is 0. The highest BCUT2D eigenvalue weighted by atomic mass is 16.5. The summed E-state index contributed by atoms with van der Waals surface area (Å²) < 4.78 is 5.86. The van der Waals surface area contributed by atoms with E-state index in [1.165, 1.54) is 12.8 Å². The molecule has 5 nitrogen and oxygen atoms in total. The summed E-state index contributed by atoms with van der Waals surface area (Å²) in [6, 6.07) is 8.42. The van der Waals surface area contributed by atoms with Crippen molar-refractivity contribution in [1.82, 2.24) is 9.80 Å². The van der Waals surface area contributed by atoms with Gasteiger partial charge in [0.2, 0.25) is 0 Å². The van der Waals surface area contributed by atoms with Crippen LogP contribution in [0.25, 0.3) is 0 Å². The maximum absolute atomic E-state index is 11.1. The molecule has 23 heavy (non-hydrogen) atoms. The van der Waals surface area contributed by atoms with Crippen LogP contribution in [0.3, 0.4) is 0 Å². The first-order valence-corrected chi connectivity index (χ1v) is 8.59. The average Bonchev–Trinajstić information content (AvgIpc) is 3.39. The van der Waals surface area contributed by atoms with Crippen LogP contribution < -0.4 is 0 Å². The zero-order valence-corrected chi connectivity index (χ0v) is 13.4. The lowest BCUT2D eigenvalue weighted by Crippen LogP contribution is -2.62. The van der Waals surface area contributed by atoms with Crippen LogP contribution in [0.2, 0.25) is 0 Å². The predicted octanol–water partition coefficient (Wildman–Crippen LogP) is 1.68. The maximum atomic E-state index is 11.1. The van der Waals surface area contributed by atoms with Crippen molar-refractivity contribution in [2.45, 2.75) is 31.5 Å². The molecule has 0 bridgehead atoms. The highest BCUT2D eigenvalue weighted by Gasteiger charge is 2.42. The third-order valence-corrected chi connectivity index (χ3v) is 5.38. The van der Waals surface area contributed by atoms with E-state index in [9.17, 15) is 4.79 Å². The Morgan fingerprint density at radius 3 is 2.91 bits per heavy atom. The third-order valence-electron chi connectivity index (χ3n) is 5.38. The molecule has 1 aliphatic carbocycles. The first-order chi connectivity index (χ1) is 11.2. The van der Waals surface area contributed by atoms with Crippen LogP contribution in [-0.2, 0) is 11.3 Å². The van der Waals surface area contributed by atoms with Crippen LogP contribution in [0.5, 0.6) is 0 Å². The molecule has 1 saturated carbocycles. The first-order valence-electron chi connectivity index (χ1n) is 8.59. The van der Waals surface area contributed by atoms with Gasteiger partial charge in [-0.3, -0.25) is 9.80 Å². The van der Waals surface area contributed by atoms with E-state index in [2.05, 4.69) is 9.80 Å². The monoisotopic (exact) mass is 316 g/mol. The Labute approximate surface area is 136 Å². The van der Waals surface area contributed by atoms with E-state index in [1.807, 2.05) is 12.1 Å². The Morgan fingerprint density at radius 1 is 1.26 bits per heavy atom. The van der Waals surface area contributed by atoms with Crippen LogP contribution >= 0.6 is 0 Å². The molecule has 3 fully saturated rings. The van der Waals surface area contributed by atoms with Gasteiger partial charge in [0.15, 0.2) is 0 Å². The Hall–Kier alpha value is -1.43. The van der Waals surface area contributed by atoms with Crippen LogP contribution in [0.1, 0.15) is 28.8 Å². The Balaban J connectivity index is 1.40. The van der Waals surface area contributed by atoms with Crippen molar-refractivity contribution in [2.24, 2.45) is 5.92 Å². The van der Waals surface area contributed by atoms with Gasteiger partial charge in [-0.25, -0.2) is 4.79 Å². The van der Waals surface area contributed by atoms with E-state index in [4.69, 9.17) is 9.84 Å². The molecule has 0 unspecified atom stereocenters. The number of benzene rings is 1. The van der Waals surface area contributed by atoms with Gasteiger partial charge in [-0.15, -0.1) is 0 Å². The SMILES string of the molecule is O=C(O)c1cccc(CN2CCN3[C@@H](COC[C@@H]3C3CC3)C2)c1.